The standard InChI is InChI=1S/C20H19ClN2O3S/c1-2-23(14-20(24)22-18-9-5-8-17(21)13-18)27(25,26)19-11-10-15-6-3-4-7-16(15)12-19/h3-13H,2,14H2,1H3,(H,22,24). The molecule has 0 aliphatic rings. The molecule has 3 aromatic rings. The van der Waals surface area contributed by atoms with Gasteiger partial charge in [-0.2, -0.15) is 4.31 Å². The molecule has 0 spiro atoms. The maximum Gasteiger partial charge on any atom is 0.243 e. The number of anilines is 1. The van der Waals surface area contributed by atoms with Crippen molar-refractivity contribution in [3.8, 4) is 0 Å². The fraction of sp³-hybridized carbons (Fsp3) is 0.150. The van der Waals surface area contributed by atoms with E-state index in [9.17, 15) is 13.2 Å². The van der Waals surface area contributed by atoms with Crippen molar-refractivity contribution in [2.75, 3.05) is 18.4 Å². The summed E-state index contributed by atoms with van der Waals surface area (Å²) < 4.78 is 27.1. The molecule has 0 aliphatic carbocycles. The fourth-order valence-corrected chi connectivity index (χ4v) is 4.40. The number of amides is 1. The highest BCUT2D eigenvalue weighted by molar-refractivity contribution is 7.89. The molecule has 0 fully saturated rings. The molecule has 0 aromatic heterocycles. The highest BCUT2D eigenvalue weighted by atomic mass is 35.5. The van der Waals surface area contributed by atoms with Crippen molar-refractivity contribution in [1.29, 1.82) is 0 Å². The molecule has 0 aliphatic heterocycles. The van der Waals surface area contributed by atoms with Gasteiger partial charge in [0.15, 0.2) is 0 Å². The molecule has 140 valence electrons. The Balaban J connectivity index is 1.81. The van der Waals surface area contributed by atoms with Gasteiger partial charge in [0.25, 0.3) is 0 Å². The third kappa shape index (κ3) is 4.47. The summed E-state index contributed by atoms with van der Waals surface area (Å²) in [6.07, 6.45) is 0. The number of hydrogen-bond acceptors (Lipinski definition) is 3. The zero-order valence-corrected chi connectivity index (χ0v) is 16.3. The third-order valence-electron chi connectivity index (χ3n) is 4.14. The molecule has 1 amide bonds. The predicted molar refractivity (Wildman–Crippen MR) is 108 cm³/mol. The van der Waals surface area contributed by atoms with Gasteiger partial charge in [0, 0.05) is 17.3 Å². The van der Waals surface area contributed by atoms with Gasteiger partial charge in [-0.1, -0.05) is 54.9 Å². The summed E-state index contributed by atoms with van der Waals surface area (Å²) >= 11 is 5.90. The number of nitrogens with zero attached hydrogens (tertiary/aromatic N) is 1. The van der Waals surface area contributed by atoms with Crippen LogP contribution in [0.4, 0.5) is 5.69 Å². The van der Waals surface area contributed by atoms with Crippen LogP contribution in [0.2, 0.25) is 5.02 Å². The molecular formula is C20H19ClN2O3S. The van der Waals surface area contributed by atoms with Gasteiger partial charge in [-0.25, -0.2) is 8.42 Å². The quantitative estimate of drug-likeness (QED) is 0.673. The number of nitrogens with one attached hydrogen (secondary N) is 1. The predicted octanol–water partition coefficient (Wildman–Crippen LogP) is 4.14. The smallest absolute Gasteiger partial charge is 0.243 e. The minimum atomic E-state index is -3.79. The van der Waals surface area contributed by atoms with Gasteiger partial charge in [0.2, 0.25) is 15.9 Å². The maximum atomic E-state index is 13.0. The molecule has 0 unspecified atom stereocenters. The second-order valence-corrected chi connectivity index (χ2v) is 8.37. The molecule has 3 rings (SSSR count). The molecule has 7 heteroatoms. The largest absolute Gasteiger partial charge is 0.325 e. The van der Waals surface area contributed by atoms with Gasteiger partial charge in [-0.3, -0.25) is 4.79 Å². The second kappa shape index (κ2) is 8.08. The Bertz CT molecular complexity index is 1080. The Hall–Kier alpha value is -2.41. The lowest BCUT2D eigenvalue weighted by Gasteiger charge is -2.20. The van der Waals surface area contributed by atoms with Crippen LogP contribution in [0.15, 0.2) is 71.6 Å². The number of hydrogen-bond donors (Lipinski definition) is 1. The van der Waals surface area contributed by atoms with Gasteiger partial charge < -0.3 is 5.32 Å². The Morgan fingerprint density at radius 1 is 1.00 bits per heavy atom. The van der Waals surface area contributed by atoms with Crippen molar-refractivity contribution in [1.82, 2.24) is 4.31 Å². The average Bonchev–Trinajstić information content (AvgIpc) is 2.65. The van der Waals surface area contributed by atoms with Crippen LogP contribution in [0.3, 0.4) is 0 Å². The van der Waals surface area contributed by atoms with E-state index in [1.54, 1.807) is 49.4 Å². The lowest BCUT2D eigenvalue weighted by Crippen LogP contribution is -2.37. The summed E-state index contributed by atoms with van der Waals surface area (Å²) in [5, 5.41) is 4.95. The zero-order chi connectivity index (χ0) is 19.4. The minimum Gasteiger partial charge on any atom is -0.325 e. The number of carbonyl (C=O) groups is 1. The molecule has 0 bridgehead atoms. The molecule has 0 saturated heterocycles. The summed E-state index contributed by atoms with van der Waals surface area (Å²) in [6.45, 7) is 1.60. The molecule has 3 aromatic carbocycles. The van der Waals surface area contributed by atoms with Gasteiger partial charge >= 0.3 is 0 Å². The van der Waals surface area contributed by atoms with E-state index in [0.29, 0.717) is 10.7 Å². The van der Waals surface area contributed by atoms with Crippen molar-refractivity contribution in [2.45, 2.75) is 11.8 Å². The monoisotopic (exact) mass is 402 g/mol. The van der Waals surface area contributed by atoms with Crippen LogP contribution in [-0.2, 0) is 14.8 Å². The van der Waals surface area contributed by atoms with Crippen molar-refractivity contribution in [2.24, 2.45) is 0 Å². The van der Waals surface area contributed by atoms with E-state index in [-0.39, 0.29) is 18.0 Å². The van der Waals surface area contributed by atoms with E-state index in [2.05, 4.69) is 5.32 Å². The Morgan fingerprint density at radius 2 is 1.74 bits per heavy atom. The van der Waals surface area contributed by atoms with Crippen molar-refractivity contribution < 1.29 is 13.2 Å². The number of benzene rings is 3. The first-order valence-electron chi connectivity index (χ1n) is 8.44. The van der Waals surface area contributed by atoms with E-state index in [0.717, 1.165) is 15.1 Å². The maximum absolute atomic E-state index is 13.0. The Kier molecular flexibility index (Phi) is 5.79. The van der Waals surface area contributed by atoms with Crippen molar-refractivity contribution in [3.05, 3.63) is 71.8 Å². The van der Waals surface area contributed by atoms with Crippen LogP contribution in [0.25, 0.3) is 10.8 Å². The number of halogens is 1. The Morgan fingerprint density at radius 3 is 2.44 bits per heavy atom. The molecule has 0 radical (unpaired) electrons. The van der Waals surface area contributed by atoms with E-state index in [4.69, 9.17) is 11.6 Å². The number of fused-ring (bicyclic) bond motifs is 1. The lowest BCUT2D eigenvalue weighted by molar-refractivity contribution is -0.116. The number of likely N-dealkylation sites (N-methyl/N-ethyl adjacent to an activating group) is 1. The molecule has 0 atom stereocenters. The topological polar surface area (TPSA) is 66.5 Å². The minimum absolute atomic E-state index is 0.165. The van der Waals surface area contributed by atoms with Gasteiger partial charge in [-0.15, -0.1) is 0 Å². The van der Waals surface area contributed by atoms with E-state index < -0.39 is 15.9 Å². The van der Waals surface area contributed by atoms with Crippen LogP contribution in [0, 0.1) is 0 Å². The molecule has 5 nitrogen and oxygen atoms in total. The van der Waals surface area contributed by atoms with Gasteiger partial charge in [0.1, 0.15) is 0 Å². The first kappa shape index (κ1) is 19.4. The highest BCUT2D eigenvalue weighted by Crippen LogP contribution is 2.22. The van der Waals surface area contributed by atoms with Crippen LogP contribution >= 0.6 is 11.6 Å². The molecular weight excluding hydrogens is 384 g/mol. The number of carbonyl (C=O) groups excluding carboxylic acids is 1. The van der Waals surface area contributed by atoms with Crippen molar-refractivity contribution >= 4 is 44.0 Å². The summed E-state index contributed by atoms with van der Waals surface area (Å²) in [7, 11) is -3.79. The molecule has 0 saturated carbocycles. The zero-order valence-electron chi connectivity index (χ0n) is 14.7. The normalized spacial score (nSPS) is 11.7. The van der Waals surface area contributed by atoms with Crippen LogP contribution in [0.1, 0.15) is 6.92 Å². The van der Waals surface area contributed by atoms with Crippen LogP contribution in [-0.4, -0.2) is 31.7 Å². The van der Waals surface area contributed by atoms with Gasteiger partial charge in [0.05, 0.1) is 11.4 Å². The van der Waals surface area contributed by atoms with Crippen molar-refractivity contribution in [3.63, 3.8) is 0 Å². The number of rotatable bonds is 6. The summed E-state index contributed by atoms with van der Waals surface area (Å²) in [4.78, 5) is 12.5. The highest BCUT2D eigenvalue weighted by Gasteiger charge is 2.25. The van der Waals surface area contributed by atoms with E-state index in [1.165, 1.54) is 0 Å². The second-order valence-electron chi connectivity index (χ2n) is 6.00. The fourth-order valence-electron chi connectivity index (χ4n) is 2.77. The molecule has 27 heavy (non-hydrogen) atoms. The number of sulfonamides is 1. The molecule has 1 N–H and O–H groups in total. The first-order chi connectivity index (χ1) is 12.9. The van der Waals surface area contributed by atoms with Crippen LogP contribution < -0.4 is 5.32 Å². The van der Waals surface area contributed by atoms with E-state index >= 15 is 0 Å². The summed E-state index contributed by atoms with van der Waals surface area (Å²) in [5.41, 5.74) is 0.520. The lowest BCUT2D eigenvalue weighted by atomic mass is 10.1. The third-order valence-corrected chi connectivity index (χ3v) is 6.29. The van der Waals surface area contributed by atoms with Crippen LogP contribution in [0.5, 0.6) is 0 Å². The first-order valence-corrected chi connectivity index (χ1v) is 10.3. The van der Waals surface area contributed by atoms with Gasteiger partial charge in [-0.05, 0) is 41.1 Å². The van der Waals surface area contributed by atoms with E-state index in [1.807, 2.05) is 24.3 Å². The summed E-state index contributed by atoms with van der Waals surface area (Å²) in [6, 6.07) is 19.2. The average molecular weight is 403 g/mol. The molecule has 0 heterocycles. The SMILES string of the molecule is CCN(CC(=O)Nc1cccc(Cl)c1)S(=O)(=O)c1ccc2ccccc2c1. The Labute approximate surface area is 163 Å². The summed E-state index contributed by atoms with van der Waals surface area (Å²) in [5.74, 6) is -0.427.